The number of para-hydroxylation sites is 1. The predicted octanol–water partition coefficient (Wildman–Crippen LogP) is 3.27. The Balaban J connectivity index is 2.61. The minimum Gasteiger partial charge on any atom is -0.478 e. The standard InChI is InChI=1S/C13H10ClN3O4/c14-10-11(15)9(17(20)21)6-8(13(18)19)12(10)16-7-4-2-1-3-5-7/h1-6,16H,15H2,(H,18,19). The maximum atomic E-state index is 11.3. The lowest BCUT2D eigenvalue weighted by atomic mass is 10.1. The molecule has 0 atom stereocenters. The summed E-state index contributed by atoms with van der Waals surface area (Å²) in [4.78, 5) is 21.4. The second-order valence-electron chi connectivity index (χ2n) is 4.10. The number of nitrogens with one attached hydrogen (secondary N) is 1. The molecule has 0 aliphatic rings. The van der Waals surface area contributed by atoms with Gasteiger partial charge in [0, 0.05) is 11.8 Å². The Morgan fingerprint density at radius 2 is 1.95 bits per heavy atom. The quantitative estimate of drug-likeness (QED) is 0.453. The van der Waals surface area contributed by atoms with Gasteiger partial charge in [0.2, 0.25) is 0 Å². The number of carboxylic acids is 1. The molecule has 8 heteroatoms. The maximum absolute atomic E-state index is 11.3. The van der Waals surface area contributed by atoms with Crippen molar-refractivity contribution >= 4 is 40.3 Å². The summed E-state index contributed by atoms with van der Waals surface area (Å²) >= 11 is 5.99. The monoisotopic (exact) mass is 307 g/mol. The van der Waals surface area contributed by atoms with Gasteiger partial charge in [-0.25, -0.2) is 4.79 Å². The van der Waals surface area contributed by atoms with Crippen molar-refractivity contribution < 1.29 is 14.8 Å². The van der Waals surface area contributed by atoms with E-state index in [1.54, 1.807) is 30.3 Å². The fourth-order valence-electron chi connectivity index (χ4n) is 1.76. The number of nitro groups is 1. The number of halogens is 1. The Morgan fingerprint density at radius 3 is 2.48 bits per heavy atom. The van der Waals surface area contributed by atoms with Crippen LogP contribution >= 0.6 is 11.6 Å². The molecule has 0 aliphatic heterocycles. The lowest BCUT2D eigenvalue weighted by molar-refractivity contribution is -0.383. The lowest BCUT2D eigenvalue weighted by Gasteiger charge is -2.13. The van der Waals surface area contributed by atoms with E-state index in [0.29, 0.717) is 5.69 Å². The van der Waals surface area contributed by atoms with Crippen LogP contribution in [0.25, 0.3) is 0 Å². The molecule has 108 valence electrons. The van der Waals surface area contributed by atoms with Crippen LogP contribution in [0, 0.1) is 10.1 Å². The molecule has 2 aromatic carbocycles. The van der Waals surface area contributed by atoms with E-state index in [-0.39, 0.29) is 22.0 Å². The van der Waals surface area contributed by atoms with Gasteiger partial charge in [0.1, 0.15) is 5.69 Å². The number of hydrogen-bond acceptors (Lipinski definition) is 5. The number of carboxylic acid groups (broad SMARTS) is 1. The molecule has 0 amide bonds. The van der Waals surface area contributed by atoms with Crippen LogP contribution in [0.2, 0.25) is 5.02 Å². The molecular formula is C13H10ClN3O4. The van der Waals surface area contributed by atoms with Gasteiger partial charge in [0.15, 0.2) is 0 Å². The highest BCUT2D eigenvalue weighted by Gasteiger charge is 2.25. The lowest BCUT2D eigenvalue weighted by Crippen LogP contribution is -2.07. The molecule has 0 unspecified atom stereocenters. The third-order valence-electron chi connectivity index (χ3n) is 2.75. The molecule has 0 heterocycles. The van der Waals surface area contributed by atoms with Crippen LogP contribution in [0.4, 0.5) is 22.7 Å². The molecule has 0 fully saturated rings. The van der Waals surface area contributed by atoms with E-state index in [2.05, 4.69) is 5.32 Å². The average Bonchev–Trinajstić information content (AvgIpc) is 2.44. The van der Waals surface area contributed by atoms with Gasteiger partial charge in [-0.3, -0.25) is 10.1 Å². The summed E-state index contributed by atoms with van der Waals surface area (Å²) in [5.74, 6) is -1.35. The molecule has 0 aliphatic carbocycles. The van der Waals surface area contributed by atoms with Crippen molar-refractivity contribution in [1.82, 2.24) is 0 Å². The molecule has 2 rings (SSSR count). The Hall–Kier alpha value is -2.80. The van der Waals surface area contributed by atoms with Crippen molar-refractivity contribution in [3.63, 3.8) is 0 Å². The van der Waals surface area contributed by atoms with Crippen molar-refractivity contribution in [2.45, 2.75) is 0 Å². The largest absolute Gasteiger partial charge is 0.478 e. The minimum atomic E-state index is -1.35. The fraction of sp³-hybridized carbons (Fsp3) is 0. The van der Waals surface area contributed by atoms with E-state index in [4.69, 9.17) is 17.3 Å². The Morgan fingerprint density at radius 1 is 1.33 bits per heavy atom. The van der Waals surface area contributed by atoms with Crippen molar-refractivity contribution in [2.24, 2.45) is 0 Å². The molecule has 2 aromatic rings. The predicted molar refractivity (Wildman–Crippen MR) is 79.2 cm³/mol. The van der Waals surface area contributed by atoms with Gasteiger partial charge >= 0.3 is 5.97 Å². The zero-order valence-corrected chi connectivity index (χ0v) is 11.3. The molecule has 4 N–H and O–H groups in total. The fourth-order valence-corrected chi connectivity index (χ4v) is 2.01. The van der Waals surface area contributed by atoms with Gasteiger partial charge in [0.25, 0.3) is 5.69 Å². The summed E-state index contributed by atoms with van der Waals surface area (Å²) < 4.78 is 0. The number of rotatable bonds is 4. The Bertz CT molecular complexity index is 719. The summed E-state index contributed by atoms with van der Waals surface area (Å²) in [5, 5.41) is 22.7. The van der Waals surface area contributed by atoms with Crippen LogP contribution in [-0.2, 0) is 0 Å². The first-order valence-corrected chi connectivity index (χ1v) is 6.11. The van der Waals surface area contributed by atoms with Gasteiger partial charge in [-0.1, -0.05) is 29.8 Å². The normalized spacial score (nSPS) is 10.1. The molecule has 0 aromatic heterocycles. The molecule has 0 spiro atoms. The van der Waals surface area contributed by atoms with Gasteiger partial charge in [-0.2, -0.15) is 0 Å². The number of nitrogens with zero attached hydrogens (tertiary/aromatic N) is 1. The number of aromatic carboxylic acids is 1. The second-order valence-corrected chi connectivity index (χ2v) is 4.48. The Labute approximate surface area is 124 Å². The first-order valence-electron chi connectivity index (χ1n) is 5.73. The van der Waals surface area contributed by atoms with E-state index >= 15 is 0 Å². The number of anilines is 3. The number of nitrogen functional groups attached to an aromatic ring is 1. The summed E-state index contributed by atoms with van der Waals surface area (Å²) in [6.07, 6.45) is 0. The smallest absolute Gasteiger partial charge is 0.338 e. The zero-order chi connectivity index (χ0) is 15.6. The van der Waals surface area contributed by atoms with Crippen molar-refractivity contribution in [2.75, 3.05) is 11.1 Å². The van der Waals surface area contributed by atoms with Gasteiger partial charge in [0.05, 0.1) is 21.2 Å². The van der Waals surface area contributed by atoms with Crippen LogP contribution in [0.1, 0.15) is 10.4 Å². The highest BCUT2D eigenvalue weighted by atomic mass is 35.5. The minimum absolute atomic E-state index is 0.0125. The van der Waals surface area contributed by atoms with E-state index in [1.165, 1.54) is 0 Å². The third-order valence-corrected chi connectivity index (χ3v) is 3.15. The van der Waals surface area contributed by atoms with E-state index in [1.807, 2.05) is 0 Å². The first kappa shape index (κ1) is 14.6. The van der Waals surface area contributed by atoms with Crippen molar-refractivity contribution in [3.8, 4) is 0 Å². The van der Waals surface area contributed by atoms with Gasteiger partial charge in [-0.05, 0) is 12.1 Å². The van der Waals surface area contributed by atoms with Crippen LogP contribution < -0.4 is 11.1 Å². The average molecular weight is 308 g/mol. The summed E-state index contributed by atoms with van der Waals surface area (Å²) in [6.45, 7) is 0. The molecule has 21 heavy (non-hydrogen) atoms. The number of hydrogen-bond donors (Lipinski definition) is 3. The third kappa shape index (κ3) is 2.87. The first-order chi connectivity index (χ1) is 9.91. The van der Waals surface area contributed by atoms with E-state index in [0.717, 1.165) is 6.07 Å². The van der Waals surface area contributed by atoms with Crippen molar-refractivity contribution in [3.05, 3.63) is 57.1 Å². The molecular weight excluding hydrogens is 298 g/mol. The summed E-state index contributed by atoms with van der Waals surface area (Å²) in [6, 6.07) is 9.54. The summed E-state index contributed by atoms with van der Waals surface area (Å²) in [5.41, 5.74) is 5.03. The molecule has 0 radical (unpaired) electrons. The summed E-state index contributed by atoms with van der Waals surface area (Å²) in [7, 11) is 0. The molecule has 7 nitrogen and oxygen atoms in total. The number of benzene rings is 2. The number of nitrogens with two attached hydrogens (primary N) is 1. The van der Waals surface area contributed by atoms with E-state index in [9.17, 15) is 20.0 Å². The zero-order valence-electron chi connectivity index (χ0n) is 10.5. The van der Waals surface area contributed by atoms with Crippen molar-refractivity contribution in [1.29, 1.82) is 0 Å². The SMILES string of the molecule is Nc1c([N+](=O)[O-])cc(C(=O)O)c(Nc2ccccc2)c1Cl. The topological polar surface area (TPSA) is 118 Å². The van der Waals surface area contributed by atoms with Crippen LogP contribution in [-0.4, -0.2) is 16.0 Å². The van der Waals surface area contributed by atoms with Gasteiger partial charge in [-0.15, -0.1) is 0 Å². The van der Waals surface area contributed by atoms with Crippen LogP contribution in [0.15, 0.2) is 36.4 Å². The van der Waals surface area contributed by atoms with Crippen LogP contribution in [0.3, 0.4) is 0 Å². The molecule has 0 saturated heterocycles. The maximum Gasteiger partial charge on any atom is 0.338 e. The van der Waals surface area contributed by atoms with E-state index < -0.39 is 16.6 Å². The van der Waals surface area contributed by atoms with Crippen LogP contribution in [0.5, 0.6) is 0 Å². The van der Waals surface area contributed by atoms with Gasteiger partial charge < -0.3 is 16.2 Å². The molecule has 0 bridgehead atoms. The number of nitro benzene ring substituents is 1. The highest BCUT2D eigenvalue weighted by Crippen LogP contribution is 2.40. The number of carbonyl (C=O) groups is 1. The Kier molecular flexibility index (Phi) is 3.95. The molecule has 0 saturated carbocycles. The highest BCUT2D eigenvalue weighted by molar-refractivity contribution is 6.37. The second kappa shape index (κ2) is 5.68.